The number of nitrogens with zero attached hydrogens (tertiary/aromatic N) is 3. The molecule has 3 aromatic rings. The lowest BCUT2D eigenvalue weighted by Gasteiger charge is -2.35. The highest BCUT2D eigenvalue weighted by Gasteiger charge is 2.44. The summed E-state index contributed by atoms with van der Waals surface area (Å²) in [5.41, 5.74) is 4.80. The number of rotatable bonds is 7. The lowest BCUT2D eigenvalue weighted by molar-refractivity contribution is -0.142. The first-order valence-electron chi connectivity index (χ1n) is 13.0. The molecule has 1 aliphatic heterocycles. The lowest BCUT2D eigenvalue weighted by atomic mass is 9.85. The summed E-state index contributed by atoms with van der Waals surface area (Å²) in [5, 5.41) is 25.1. The van der Waals surface area contributed by atoms with Crippen LogP contribution in [0, 0.1) is 23.7 Å². The quantitative estimate of drug-likeness (QED) is 0.406. The first kappa shape index (κ1) is 28.9. The van der Waals surface area contributed by atoms with Gasteiger partial charge in [-0.05, 0) is 47.7 Å². The number of carbonyl (C=O) groups is 3. The fourth-order valence-corrected chi connectivity index (χ4v) is 5.50. The standard InChI is InChI=1S/C30H33N5O4S/c1-18-25(40-17-33-18)21-9-7-20(8-10-21)15-32-28(38)24-13-23(36)16-35(24)29(39)26(30(2,3)4)34-27(37)22-11-5-19(14-31)6-12-22/h5-12,17,23-24,26,36H,13,15-16H2,1-4H3,(H,32,38)(H,34,37)/t23-,24+,26-/m1/s1. The average molecular weight is 560 g/mol. The summed E-state index contributed by atoms with van der Waals surface area (Å²) in [6.45, 7) is 7.72. The van der Waals surface area contributed by atoms with E-state index < -0.39 is 35.4 Å². The largest absolute Gasteiger partial charge is 0.391 e. The van der Waals surface area contributed by atoms with Gasteiger partial charge < -0.3 is 20.6 Å². The van der Waals surface area contributed by atoms with E-state index in [4.69, 9.17) is 5.26 Å². The van der Waals surface area contributed by atoms with Gasteiger partial charge in [-0.3, -0.25) is 14.4 Å². The molecule has 10 heteroatoms. The van der Waals surface area contributed by atoms with Crippen molar-refractivity contribution < 1.29 is 19.5 Å². The second-order valence-corrected chi connectivity index (χ2v) is 11.9. The average Bonchev–Trinajstić information content (AvgIpc) is 3.54. The Morgan fingerprint density at radius 3 is 2.40 bits per heavy atom. The zero-order valence-corrected chi connectivity index (χ0v) is 23.8. The van der Waals surface area contributed by atoms with E-state index in [2.05, 4.69) is 15.6 Å². The van der Waals surface area contributed by atoms with Gasteiger partial charge in [0, 0.05) is 25.1 Å². The van der Waals surface area contributed by atoms with Crippen LogP contribution in [0.2, 0.25) is 0 Å². The van der Waals surface area contributed by atoms with E-state index in [0.29, 0.717) is 11.1 Å². The van der Waals surface area contributed by atoms with E-state index in [1.54, 1.807) is 11.3 Å². The molecule has 0 aliphatic carbocycles. The van der Waals surface area contributed by atoms with Gasteiger partial charge >= 0.3 is 0 Å². The van der Waals surface area contributed by atoms with Crippen LogP contribution >= 0.6 is 11.3 Å². The van der Waals surface area contributed by atoms with Crippen molar-refractivity contribution in [3.8, 4) is 16.5 Å². The number of nitriles is 1. The number of aromatic nitrogens is 1. The van der Waals surface area contributed by atoms with Gasteiger partial charge in [0.1, 0.15) is 12.1 Å². The van der Waals surface area contributed by atoms with Crippen molar-refractivity contribution in [2.75, 3.05) is 6.54 Å². The molecule has 0 saturated carbocycles. The molecule has 0 spiro atoms. The minimum absolute atomic E-state index is 0.000859. The molecule has 1 aromatic heterocycles. The summed E-state index contributed by atoms with van der Waals surface area (Å²) in [7, 11) is 0. The number of aliphatic hydroxyl groups is 1. The fraction of sp³-hybridized carbons (Fsp3) is 0.367. The molecule has 0 bridgehead atoms. The number of hydrogen-bond acceptors (Lipinski definition) is 7. The molecule has 1 fully saturated rings. The minimum Gasteiger partial charge on any atom is -0.391 e. The number of aliphatic hydroxyl groups excluding tert-OH is 1. The van der Waals surface area contributed by atoms with Gasteiger partial charge in [-0.2, -0.15) is 5.26 Å². The van der Waals surface area contributed by atoms with Crippen molar-refractivity contribution in [1.29, 1.82) is 5.26 Å². The van der Waals surface area contributed by atoms with Gasteiger partial charge in [0.25, 0.3) is 5.91 Å². The second-order valence-electron chi connectivity index (χ2n) is 11.0. The van der Waals surface area contributed by atoms with Gasteiger partial charge in [-0.15, -0.1) is 11.3 Å². The number of amides is 3. The summed E-state index contributed by atoms with van der Waals surface area (Å²) in [6.07, 6.45) is -0.738. The van der Waals surface area contributed by atoms with Crippen molar-refractivity contribution in [1.82, 2.24) is 20.5 Å². The molecule has 208 valence electrons. The Balaban J connectivity index is 1.44. The van der Waals surface area contributed by atoms with Gasteiger partial charge in [0.15, 0.2) is 0 Å². The smallest absolute Gasteiger partial charge is 0.251 e. The van der Waals surface area contributed by atoms with Crippen LogP contribution in [-0.2, 0) is 16.1 Å². The number of hydrogen-bond donors (Lipinski definition) is 3. The Kier molecular flexibility index (Phi) is 8.67. The van der Waals surface area contributed by atoms with Crippen molar-refractivity contribution >= 4 is 29.1 Å². The summed E-state index contributed by atoms with van der Waals surface area (Å²) < 4.78 is 0. The zero-order valence-electron chi connectivity index (χ0n) is 23.0. The third-order valence-corrected chi connectivity index (χ3v) is 7.94. The van der Waals surface area contributed by atoms with Crippen molar-refractivity contribution in [2.24, 2.45) is 5.41 Å². The number of carbonyl (C=O) groups excluding carboxylic acids is 3. The molecule has 1 aliphatic rings. The van der Waals surface area contributed by atoms with Crippen LogP contribution in [0.3, 0.4) is 0 Å². The monoisotopic (exact) mass is 559 g/mol. The highest BCUT2D eigenvalue weighted by Crippen LogP contribution is 2.28. The normalized spacial score (nSPS) is 17.6. The van der Waals surface area contributed by atoms with Crippen LogP contribution in [0.5, 0.6) is 0 Å². The Morgan fingerprint density at radius 2 is 1.82 bits per heavy atom. The molecule has 40 heavy (non-hydrogen) atoms. The topological polar surface area (TPSA) is 135 Å². The van der Waals surface area contributed by atoms with Crippen LogP contribution < -0.4 is 10.6 Å². The number of aryl methyl sites for hydroxylation is 1. The summed E-state index contributed by atoms with van der Waals surface area (Å²) in [5.74, 6) is -1.26. The number of nitrogens with one attached hydrogen (secondary N) is 2. The maximum Gasteiger partial charge on any atom is 0.251 e. The number of thiazole rings is 1. The SMILES string of the molecule is Cc1ncsc1-c1ccc(CNC(=O)[C@@H]2C[C@@H](O)CN2C(=O)[C@@H](NC(=O)c2ccc(C#N)cc2)C(C)(C)C)cc1. The first-order chi connectivity index (χ1) is 19.0. The van der Waals surface area contributed by atoms with Crippen LogP contribution in [0.15, 0.2) is 54.0 Å². The van der Waals surface area contributed by atoms with E-state index in [0.717, 1.165) is 21.7 Å². The zero-order chi connectivity index (χ0) is 29.0. The number of likely N-dealkylation sites (tertiary alicyclic amines) is 1. The molecule has 3 N–H and O–H groups in total. The van der Waals surface area contributed by atoms with E-state index >= 15 is 0 Å². The maximum absolute atomic E-state index is 13.7. The third kappa shape index (κ3) is 6.55. The maximum atomic E-state index is 13.7. The number of β-amino-alcohol motifs (C(OH)–C–C–N with tert-alkyl or cyclic N) is 1. The molecule has 0 radical (unpaired) electrons. The Morgan fingerprint density at radius 1 is 1.15 bits per heavy atom. The Bertz CT molecular complexity index is 1420. The van der Waals surface area contributed by atoms with Crippen LogP contribution in [0.25, 0.3) is 10.4 Å². The van der Waals surface area contributed by atoms with Crippen LogP contribution in [-0.4, -0.2) is 57.4 Å². The highest BCUT2D eigenvalue weighted by molar-refractivity contribution is 7.13. The molecule has 1 saturated heterocycles. The molecule has 4 rings (SSSR count). The minimum atomic E-state index is -0.945. The molecule has 3 atom stereocenters. The lowest BCUT2D eigenvalue weighted by Crippen LogP contribution is -2.57. The van der Waals surface area contributed by atoms with Crippen molar-refractivity contribution in [2.45, 2.75) is 58.8 Å². The molecule has 9 nitrogen and oxygen atoms in total. The van der Waals surface area contributed by atoms with Gasteiger partial charge in [0.2, 0.25) is 11.8 Å². The second kappa shape index (κ2) is 12.0. The fourth-order valence-electron chi connectivity index (χ4n) is 4.69. The Hall–Kier alpha value is -4.07. The first-order valence-corrected chi connectivity index (χ1v) is 13.9. The predicted octanol–water partition coefficient (Wildman–Crippen LogP) is 3.41. The molecular weight excluding hydrogens is 526 g/mol. The van der Waals surface area contributed by atoms with E-state index in [1.165, 1.54) is 29.2 Å². The van der Waals surface area contributed by atoms with E-state index in [9.17, 15) is 19.5 Å². The summed E-state index contributed by atoms with van der Waals surface area (Å²) in [4.78, 5) is 46.7. The van der Waals surface area contributed by atoms with Crippen molar-refractivity contribution in [3.05, 3.63) is 76.4 Å². The van der Waals surface area contributed by atoms with Gasteiger partial charge in [0.05, 0.1) is 33.8 Å². The van der Waals surface area contributed by atoms with Crippen LogP contribution in [0.4, 0.5) is 0 Å². The third-order valence-electron chi connectivity index (χ3n) is 6.96. The highest BCUT2D eigenvalue weighted by atomic mass is 32.1. The van der Waals surface area contributed by atoms with E-state index in [1.807, 2.05) is 63.5 Å². The molecular formula is C30H33N5O4S. The van der Waals surface area contributed by atoms with E-state index in [-0.39, 0.29) is 25.4 Å². The van der Waals surface area contributed by atoms with Crippen molar-refractivity contribution in [3.63, 3.8) is 0 Å². The van der Waals surface area contributed by atoms with Gasteiger partial charge in [-0.25, -0.2) is 4.98 Å². The molecule has 2 heterocycles. The van der Waals surface area contributed by atoms with Gasteiger partial charge in [-0.1, -0.05) is 45.0 Å². The summed E-state index contributed by atoms with van der Waals surface area (Å²) >= 11 is 1.57. The predicted molar refractivity (Wildman–Crippen MR) is 152 cm³/mol. The summed E-state index contributed by atoms with van der Waals surface area (Å²) in [6, 6.07) is 14.2. The van der Waals surface area contributed by atoms with Crippen LogP contribution in [0.1, 0.15) is 54.4 Å². The number of benzene rings is 2. The molecule has 2 aromatic carbocycles. The Labute approximate surface area is 237 Å². The molecule has 3 amide bonds. The molecule has 0 unspecified atom stereocenters.